The van der Waals surface area contributed by atoms with Crippen LogP contribution < -0.4 is 10.9 Å². The second-order valence-electron chi connectivity index (χ2n) is 3.94. The Hall–Kier alpha value is -2.67. The standard InChI is InChI=1S/C13H10ClN3O4/c1-21-13(20)8-3-2-7(14)6-10(8)15-12(19)9-4-5-11(18)17-16-9/h2-6H,1H3,(H,15,19)(H,17,18). The lowest BCUT2D eigenvalue weighted by Gasteiger charge is -2.09. The molecule has 0 aliphatic heterocycles. The normalized spacial score (nSPS) is 10.0. The third-order valence-electron chi connectivity index (χ3n) is 2.55. The molecule has 0 spiro atoms. The quantitative estimate of drug-likeness (QED) is 0.836. The van der Waals surface area contributed by atoms with Crippen molar-refractivity contribution in [3.63, 3.8) is 0 Å². The summed E-state index contributed by atoms with van der Waals surface area (Å²) in [7, 11) is 1.23. The third-order valence-corrected chi connectivity index (χ3v) is 2.78. The number of benzene rings is 1. The largest absolute Gasteiger partial charge is 0.465 e. The van der Waals surface area contributed by atoms with Crippen molar-refractivity contribution >= 4 is 29.2 Å². The van der Waals surface area contributed by atoms with Crippen LogP contribution in [0, 0.1) is 0 Å². The van der Waals surface area contributed by atoms with Crippen molar-refractivity contribution in [3.05, 3.63) is 57.0 Å². The van der Waals surface area contributed by atoms with E-state index in [0.717, 1.165) is 0 Å². The highest BCUT2D eigenvalue weighted by Crippen LogP contribution is 2.22. The van der Waals surface area contributed by atoms with Crippen molar-refractivity contribution in [2.24, 2.45) is 0 Å². The second kappa shape index (κ2) is 6.19. The summed E-state index contributed by atoms with van der Waals surface area (Å²) < 4.78 is 4.62. The van der Waals surface area contributed by atoms with Crippen molar-refractivity contribution in [2.45, 2.75) is 0 Å². The van der Waals surface area contributed by atoms with E-state index in [1.807, 2.05) is 0 Å². The summed E-state index contributed by atoms with van der Waals surface area (Å²) in [4.78, 5) is 34.5. The lowest BCUT2D eigenvalue weighted by atomic mass is 10.1. The van der Waals surface area contributed by atoms with Crippen molar-refractivity contribution in [1.82, 2.24) is 10.2 Å². The molecule has 0 bridgehead atoms. The highest BCUT2D eigenvalue weighted by atomic mass is 35.5. The van der Waals surface area contributed by atoms with Gasteiger partial charge in [-0.1, -0.05) is 11.6 Å². The van der Waals surface area contributed by atoms with Gasteiger partial charge >= 0.3 is 5.97 Å². The molecule has 0 saturated carbocycles. The Morgan fingerprint density at radius 2 is 2.05 bits per heavy atom. The van der Waals surface area contributed by atoms with Crippen LogP contribution in [-0.4, -0.2) is 29.2 Å². The third kappa shape index (κ3) is 3.46. The summed E-state index contributed by atoms with van der Waals surface area (Å²) in [5.41, 5.74) is -0.0954. The van der Waals surface area contributed by atoms with Gasteiger partial charge in [-0.3, -0.25) is 9.59 Å². The summed E-state index contributed by atoms with van der Waals surface area (Å²) >= 11 is 5.85. The summed E-state index contributed by atoms with van der Waals surface area (Å²) in [5.74, 6) is -1.21. The topological polar surface area (TPSA) is 101 Å². The molecule has 1 amide bonds. The Labute approximate surface area is 123 Å². The summed E-state index contributed by atoms with van der Waals surface area (Å²) in [5, 5.41) is 8.57. The van der Waals surface area contributed by atoms with Gasteiger partial charge in [0.15, 0.2) is 0 Å². The van der Waals surface area contributed by atoms with Crippen LogP contribution in [0.2, 0.25) is 5.02 Å². The molecule has 0 saturated heterocycles. The molecule has 0 fully saturated rings. The molecular formula is C13H10ClN3O4. The van der Waals surface area contributed by atoms with Gasteiger partial charge in [-0.05, 0) is 24.3 Å². The van der Waals surface area contributed by atoms with Crippen LogP contribution in [0.4, 0.5) is 5.69 Å². The van der Waals surface area contributed by atoms with E-state index in [9.17, 15) is 14.4 Å². The van der Waals surface area contributed by atoms with Gasteiger partial charge in [0.2, 0.25) is 0 Å². The molecule has 21 heavy (non-hydrogen) atoms. The van der Waals surface area contributed by atoms with Gasteiger partial charge in [-0.2, -0.15) is 5.10 Å². The van der Waals surface area contributed by atoms with E-state index in [2.05, 4.69) is 20.3 Å². The number of aromatic amines is 1. The molecule has 0 aliphatic carbocycles. The van der Waals surface area contributed by atoms with Gasteiger partial charge in [0.1, 0.15) is 5.69 Å². The van der Waals surface area contributed by atoms with Gasteiger partial charge in [-0.15, -0.1) is 0 Å². The Balaban J connectivity index is 2.32. The van der Waals surface area contributed by atoms with E-state index in [1.54, 1.807) is 0 Å². The Kier molecular flexibility index (Phi) is 4.34. The lowest BCUT2D eigenvalue weighted by Crippen LogP contribution is -2.19. The van der Waals surface area contributed by atoms with E-state index in [4.69, 9.17) is 11.6 Å². The number of rotatable bonds is 3. The molecule has 0 radical (unpaired) electrons. The molecule has 1 heterocycles. The number of esters is 1. The minimum absolute atomic E-state index is 0.00890. The van der Waals surface area contributed by atoms with Crippen LogP contribution in [0.1, 0.15) is 20.8 Å². The minimum atomic E-state index is -0.614. The smallest absolute Gasteiger partial charge is 0.339 e. The van der Waals surface area contributed by atoms with Crippen molar-refractivity contribution < 1.29 is 14.3 Å². The van der Waals surface area contributed by atoms with Crippen LogP contribution in [0.3, 0.4) is 0 Å². The highest BCUT2D eigenvalue weighted by molar-refractivity contribution is 6.31. The first-order chi connectivity index (χ1) is 10.0. The number of aromatic nitrogens is 2. The number of nitrogens with zero attached hydrogens (tertiary/aromatic N) is 1. The number of halogens is 1. The molecule has 2 rings (SSSR count). The number of nitrogens with one attached hydrogen (secondary N) is 2. The molecule has 108 valence electrons. The van der Waals surface area contributed by atoms with Gasteiger partial charge in [0.25, 0.3) is 11.5 Å². The van der Waals surface area contributed by atoms with Gasteiger partial charge in [-0.25, -0.2) is 9.89 Å². The predicted octanol–water partition coefficient (Wildman–Crippen LogP) is 1.46. The maximum Gasteiger partial charge on any atom is 0.339 e. The molecule has 8 heteroatoms. The summed E-state index contributed by atoms with van der Waals surface area (Å²) in [6, 6.07) is 6.78. The molecule has 0 atom stereocenters. The van der Waals surface area contributed by atoms with Crippen LogP contribution in [-0.2, 0) is 4.74 Å². The van der Waals surface area contributed by atoms with Crippen LogP contribution in [0.25, 0.3) is 0 Å². The molecule has 7 nitrogen and oxygen atoms in total. The van der Waals surface area contributed by atoms with Crippen LogP contribution in [0.15, 0.2) is 35.1 Å². The zero-order valence-corrected chi connectivity index (χ0v) is 11.6. The minimum Gasteiger partial charge on any atom is -0.465 e. The number of hydrogen-bond acceptors (Lipinski definition) is 5. The Morgan fingerprint density at radius 1 is 1.29 bits per heavy atom. The number of amides is 1. The lowest BCUT2D eigenvalue weighted by molar-refractivity contribution is 0.0602. The fraction of sp³-hybridized carbons (Fsp3) is 0.0769. The molecule has 1 aromatic heterocycles. The van der Waals surface area contributed by atoms with Crippen molar-refractivity contribution in [1.29, 1.82) is 0 Å². The van der Waals surface area contributed by atoms with E-state index >= 15 is 0 Å². The molecule has 2 N–H and O–H groups in total. The maximum absolute atomic E-state index is 12.0. The van der Waals surface area contributed by atoms with Gasteiger partial charge in [0.05, 0.1) is 18.4 Å². The zero-order valence-electron chi connectivity index (χ0n) is 10.8. The maximum atomic E-state index is 12.0. The zero-order chi connectivity index (χ0) is 15.4. The molecule has 1 aromatic carbocycles. The first-order valence-corrected chi connectivity index (χ1v) is 6.14. The summed E-state index contributed by atoms with van der Waals surface area (Å²) in [6.07, 6.45) is 0. The van der Waals surface area contributed by atoms with Crippen molar-refractivity contribution in [3.8, 4) is 0 Å². The number of carbonyl (C=O) groups is 2. The average molecular weight is 308 g/mol. The van der Waals surface area contributed by atoms with E-state index < -0.39 is 17.4 Å². The van der Waals surface area contributed by atoms with Gasteiger partial charge < -0.3 is 10.1 Å². The number of H-pyrrole nitrogens is 1. The van der Waals surface area contributed by atoms with Crippen LogP contribution in [0.5, 0.6) is 0 Å². The van der Waals surface area contributed by atoms with E-state index in [1.165, 1.54) is 37.4 Å². The molecule has 0 unspecified atom stereocenters. The number of hydrogen-bond donors (Lipinski definition) is 2. The molecule has 2 aromatic rings. The first-order valence-electron chi connectivity index (χ1n) is 5.76. The first kappa shape index (κ1) is 14.7. The van der Waals surface area contributed by atoms with Gasteiger partial charge in [0, 0.05) is 11.1 Å². The second-order valence-corrected chi connectivity index (χ2v) is 4.38. The van der Waals surface area contributed by atoms with E-state index in [0.29, 0.717) is 5.02 Å². The monoisotopic (exact) mass is 307 g/mol. The summed E-state index contributed by atoms with van der Waals surface area (Å²) in [6.45, 7) is 0. The van der Waals surface area contributed by atoms with E-state index in [-0.39, 0.29) is 16.9 Å². The number of anilines is 1. The SMILES string of the molecule is COC(=O)c1ccc(Cl)cc1NC(=O)c1ccc(=O)[nH]n1. The number of carbonyl (C=O) groups excluding carboxylic acids is 2. The fourth-order valence-electron chi connectivity index (χ4n) is 1.57. The predicted molar refractivity (Wildman–Crippen MR) is 75.6 cm³/mol. The highest BCUT2D eigenvalue weighted by Gasteiger charge is 2.16. The molecule has 0 aliphatic rings. The number of methoxy groups -OCH3 is 1. The molecular weight excluding hydrogens is 298 g/mol. The Bertz CT molecular complexity index is 737. The van der Waals surface area contributed by atoms with Crippen molar-refractivity contribution in [2.75, 3.05) is 12.4 Å². The van der Waals surface area contributed by atoms with Crippen LogP contribution >= 0.6 is 11.6 Å². The Morgan fingerprint density at radius 3 is 2.67 bits per heavy atom. The number of ether oxygens (including phenoxy) is 1. The average Bonchev–Trinajstić information content (AvgIpc) is 2.47. The fourth-order valence-corrected chi connectivity index (χ4v) is 1.74.